The fourth-order valence-electron chi connectivity index (χ4n) is 1.15. The summed E-state index contributed by atoms with van der Waals surface area (Å²) in [5.74, 6) is 0. The second-order valence-electron chi connectivity index (χ2n) is 2.73. The molecule has 2 aromatic rings. The van der Waals surface area contributed by atoms with Crippen molar-refractivity contribution in [3.05, 3.63) is 51.6 Å². The molecule has 6 heteroatoms. The van der Waals surface area contributed by atoms with Gasteiger partial charge in [0.25, 0.3) is 5.56 Å². The van der Waals surface area contributed by atoms with E-state index in [9.17, 15) is 9.59 Å². The van der Waals surface area contributed by atoms with Crippen LogP contribution in [0.4, 0.5) is 0 Å². The number of nitrogens with one attached hydrogen (secondary N) is 2. The van der Waals surface area contributed by atoms with Crippen LogP contribution in [0.3, 0.4) is 0 Å². The molecule has 0 fully saturated rings. The fourth-order valence-corrected chi connectivity index (χ4v) is 1.15. The van der Waals surface area contributed by atoms with Gasteiger partial charge in [0.15, 0.2) is 0 Å². The highest BCUT2D eigenvalue weighted by molar-refractivity contribution is 5.85. The second-order valence-corrected chi connectivity index (χ2v) is 2.73. The molecule has 2 N–H and O–H groups in total. The van der Waals surface area contributed by atoms with E-state index in [0.717, 1.165) is 0 Å². The maximum Gasteiger partial charge on any atom is 0.325 e. The Hall–Kier alpha value is -1.88. The number of H-pyrrole nitrogens is 2. The van der Waals surface area contributed by atoms with Crippen LogP contribution in [0, 0.1) is 0 Å². The van der Waals surface area contributed by atoms with Gasteiger partial charge in [0.05, 0.1) is 5.56 Å². The third kappa shape index (κ3) is 2.32. The highest BCUT2D eigenvalue weighted by atomic mass is 35.5. The Kier molecular flexibility index (Phi) is 3.41. The molecule has 0 radical (unpaired) electrons. The Bertz CT molecular complexity index is 547. The first-order chi connectivity index (χ1) is 6.77. The third-order valence-electron chi connectivity index (χ3n) is 1.79. The lowest BCUT2D eigenvalue weighted by atomic mass is 10.1. The molecule has 0 bridgehead atoms. The standard InChI is InChI=1S/C9H7N3O2.ClH/c13-8-7(5-11-9(14)12-8)6-2-1-3-10-4-6;/h1-5H,(H2,11,12,13,14);1H. The van der Waals surface area contributed by atoms with E-state index < -0.39 is 11.2 Å². The van der Waals surface area contributed by atoms with Crippen molar-refractivity contribution in [2.75, 3.05) is 0 Å². The lowest BCUT2D eigenvalue weighted by molar-refractivity contribution is 1.04. The van der Waals surface area contributed by atoms with E-state index in [1.165, 1.54) is 6.20 Å². The summed E-state index contributed by atoms with van der Waals surface area (Å²) in [7, 11) is 0. The molecule has 0 unspecified atom stereocenters. The SMILES string of the molecule is Cl.O=c1[nH]cc(-c2cccnc2)c(=O)[nH]1. The molecule has 0 aliphatic rings. The highest BCUT2D eigenvalue weighted by Crippen LogP contribution is 2.09. The number of aromatic nitrogens is 3. The molecule has 0 aromatic carbocycles. The normalized spacial score (nSPS) is 9.33. The predicted molar refractivity (Wildman–Crippen MR) is 58.2 cm³/mol. The molecule has 0 amide bonds. The van der Waals surface area contributed by atoms with Gasteiger partial charge in [0.2, 0.25) is 0 Å². The van der Waals surface area contributed by atoms with Crippen molar-refractivity contribution in [3.8, 4) is 11.1 Å². The van der Waals surface area contributed by atoms with E-state index in [1.54, 1.807) is 24.5 Å². The summed E-state index contributed by atoms with van der Waals surface area (Å²) in [5, 5.41) is 0. The highest BCUT2D eigenvalue weighted by Gasteiger charge is 2.02. The van der Waals surface area contributed by atoms with Crippen molar-refractivity contribution in [1.82, 2.24) is 15.0 Å². The predicted octanol–water partition coefficient (Wildman–Crippen LogP) is 0.547. The van der Waals surface area contributed by atoms with Crippen LogP contribution in [0.25, 0.3) is 11.1 Å². The van der Waals surface area contributed by atoms with Crippen molar-refractivity contribution in [1.29, 1.82) is 0 Å². The molecule has 0 saturated heterocycles. The first-order valence-electron chi connectivity index (χ1n) is 4.00. The van der Waals surface area contributed by atoms with Crippen molar-refractivity contribution in [2.24, 2.45) is 0 Å². The minimum absolute atomic E-state index is 0. The van der Waals surface area contributed by atoms with Crippen molar-refractivity contribution in [3.63, 3.8) is 0 Å². The molecule has 0 aliphatic carbocycles. The van der Waals surface area contributed by atoms with E-state index >= 15 is 0 Å². The van der Waals surface area contributed by atoms with Gasteiger partial charge in [0.1, 0.15) is 0 Å². The Morgan fingerprint density at radius 1 is 1.27 bits per heavy atom. The number of hydrogen-bond acceptors (Lipinski definition) is 3. The number of nitrogens with zero attached hydrogens (tertiary/aromatic N) is 1. The van der Waals surface area contributed by atoms with Crippen molar-refractivity contribution >= 4 is 12.4 Å². The molecule has 0 atom stereocenters. The Morgan fingerprint density at radius 3 is 2.67 bits per heavy atom. The molecule has 0 saturated carbocycles. The molecule has 15 heavy (non-hydrogen) atoms. The lowest BCUT2D eigenvalue weighted by Crippen LogP contribution is -2.22. The second kappa shape index (κ2) is 4.56. The molecule has 78 valence electrons. The zero-order chi connectivity index (χ0) is 9.97. The van der Waals surface area contributed by atoms with Crippen LogP contribution in [0.1, 0.15) is 0 Å². The number of aromatic amines is 2. The number of pyridine rings is 1. The summed E-state index contributed by atoms with van der Waals surface area (Å²) in [5.41, 5.74) is 0.145. The largest absolute Gasteiger partial charge is 0.325 e. The minimum atomic E-state index is -0.511. The average molecular weight is 226 g/mol. The monoisotopic (exact) mass is 225 g/mol. The summed E-state index contributed by atoms with van der Waals surface area (Å²) in [6.07, 6.45) is 4.55. The van der Waals surface area contributed by atoms with E-state index in [0.29, 0.717) is 11.1 Å². The molecule has 2 aromatic heterocycles. The molecular weight excluding hydrogens is 218 g/mol. The zero-order valence-electron chi connectivity index (χ0n) is 7.56. The summed E-state index contributed by atoms with van der Waals surface area (Å²) in [6, 6.07) is 3.47. The molecular formula is C9H8ClN3O2. The van der Waals surface area contributed by atoms with Gasteiger partial charge in [-0.3, -0.25) is 14.8 Å². The fraction of sp³-hybridized carbons (Fsp3) is 0. The molecule has 0 spiro atoms. The van der Waals surface area contributed by atoms with Gasteiger partial charge in [-0.15, -0.1) is 12.4 Å². The summed E-state index contributed by atoms with van der Waals surface area (Å²) < 4.78 is 0. The first kappa shape index (κ1) is 11.2. The summed E-state index contributed by atoms with van der Waals surface area (Å²) >= 11 is 0. The minimum Gasteiger partial charge on any atom is -0.313 e. The Morgan fingerprint density at radius 2 is 2.07 bits per heavy atom. The Balaban J connectivity index is 0.00000112. The smallest absolute Gasteiger partial charge is 0.313 e. The van der Waals surface area contributed by atoms with Crippen LogP contribution in [-0.4, -0.2) is 15.0 Å². The summed E-state index contributed by atoms with van der Waals surface area (Å²) in [4.78, 5) is 30.5. The summed E-state index contributed by atoms with van der Waals surface area (Å²) in [6.45, 7) is 0. The van der Waals surface area contributed by atoms with Gasteiger partial charge < -0.3 is 4.98 Å². The maximum atomic E-state index is 11.3. The van der Waals surface area contributed by atoms with Gasteiger partial charge >= 0.3 is 5.69 Å². The lowest BCUT2D eigenvalue weighted by Gasteiger charge is -1.96. The number of halogens is 1. The molecule has 2 rings (SSSR count). The van der Waals surface area contributed by atoms with Gasteiger partial charge in [-0.05, 0) is 6.07 Å². The number of hydrogen-bond donors (Lipinski definition) is 2. The van der Waals surface area contributed by atoms with Crippen LogP contribution >= 0.6 is 12.4 Å². The van der Waals surface area contributed by atoms with Crippen LogP contribution in [-0.2, 0) is 0 Å². The average Bonchev–Trinajstić information content (AvgIpc) is 2.19. The van der Waals surface area contributed by atoms with E-state index in [-0.39, 0.29) is 12.4 Å². The van der Waals surface area contributed by atoms with Gasteiger partial charge in [0, 0.05) is 24.2 Å². The van der Waals surface area contributed by atoms with E-state index in [1.807, 2.05) is 0 Å². The van der Waals surface area contributed by atoms with Gasteiger partial charge in [-0.1, -0.05) is 6.07 Å². The van der Waals surface area contributed by atoms with Crippen LogP contribution in [0.2, 0.25) is 0 Å². The van der Waals surface area contributed by atoms with Crippen molar-refractivity contribution in [2.45, 2.75) is 0 Å². The first-order valence-corrected chi connectivity index (χ1v) is 4.00. The van der Waals surface area contributed by atoms with Crippen LogP contribution < -0.4 is 11.2 Å². The maximum absolute atomic E-state index is 11.3. The van der Waals surface area contributed by atoms with Crippen LogP contribution in [0.15, 0.2) is 40.3 Å². The van der Waals surface area contributed by atoms with Crippen LogP contribution in [0.5, 0.6) is 0 Å². The topological polar surface area (TPSA) is 78.6 Å². The third-order valence-corrected chi connectivity index (χ3v) is 1.79. The molecule has 0 aliphatic heterocycles. The zero-order valence-corrected chi connectivity index (χ0v) is 8.38. The molecule has 2 heterocycles. The Labute approximate surface area is 90.6 Å². The van der Waals surface area contributed by atoms with Crippen molar-refractivity contribution < 1.29 is 0 Å². The van der Waals surface area contributed by atoms with Gasteiger partial charge in [-0.25, -0.2) is 4.79 Å². The quantitative estimate of drug-likeness (QED) is 0.744. The molecule has 5 nitrogen and oxygen atoms in total. The van der Waals surface area contributed by atoms with E-state index in [2.05, 4.69) is 15.0 Å². The number of rotatable bonds is 1. The van der Waals surface area contributed by atoms with E-state index in [4.69, 9.17) is 0 Å². The van der Waals surface area contributed by atoms with Gasteiger partial charge in [-0.2, -0.15) is 0 Å².